The average molecular weight is 488 g/mol. The molecule has 0 unspecified atom stereocenters. The minimum atomic E-state index is -0.473. The molecule has 5 rings (SSSR count). The Morgan fingerprint density at radius 2 is 1.94 bits per heavy atom. The number of nitro benzene ring substituents is 1. The van der Waals surface area contributed by atoms with Gasteiger partial charge in [0, 0.05) is 33.8 Å². The first-order chi connectivity index (χ1) is 16.5. The van der Waals surface area contributed by atoms with Crippen LogP contribution >= 0.6 is 23.1 Å². The van der Waals surface area contributed by atoms with E-state index in [2.05, 4.69) is 15.4 Å². The number of nitrogens with one attached hydrogen (secondary N) is 1. The molecule has 1 N–H and O–H groups in total. The van der Waals surface area contributed by atoms with Crippen molar-refractivity contribution in [2.75, 3.05) is 5.32 Å². The van der Waals surface area contributed by atoms with Gasteiger partial charge in [0.2, 0.25) is 0 Å². The van der Waals surface area contributed by atoms with E-state index in [1.165, 1.54) is 30.1 Å². The smallest absolute Gasteiger partial charge is 0.272 e. The lowest BCUT2D eigenvalue weighted by Crippen LogP contribution is -2.12. The minimum absolute atomic E-state index is 0.106. The van der Waals surface area contributed by atoms with E-state index in [1.807, 2.05) is 54.8 Å². The van der Waals surface area contributed by atoms with Crippen molar-refractivity contribution in [3.8, 4) is 10.6 Å². The molecule has 0 bridgehead atoms. The maximum absolute atomic E-state index is 13.1. The number of anilines is 1. The normalized spacial score (nSPS) is 11.0. The Morgan fingerprint density at radius 1 is 1.12 bits per heavy atom. The predicted octanol–water partition coefficient (Wildman–Crippen LogP) is 6.08. The van der Waals surface area contributed by atoms with Gasteiger partial charge in [-0.15, -0.1) is 11.3 Å². The summed E-state index contributed by atoms with van der Waals surface area (Å²) in [5, 5.41) is 20.6. The SMILES string of the molecule is Cc1ccc(Sc2cc(NC(=O)c3cnn4c(-c5cccs5)ccnc34)cc([N+](=O)[O-])c2)cc1. The molecule has 5 aromatic rings. The van der Waals surface area contributed by atoms with Gasteiger partial charge in [0.15, 0.2) is 5.65 Å². The van der Waals surface area contributed by atoms with Gasteiger partial charge in [0.1, 0.15) is 5.56 Å². The fraction of sp³-hybridized carbons (Fsp3) is 0.0417. The number of carbonyl (C=O) groups excluding carboxylic acids is 1. The number of aryl methyl sites for hydroxylation is 1. The largest absolute Gasteiger partial charge is 0.322 e. The zero-order chi connectivity index (χ0) is 23.7. The molecule has 8 nitrogen and oxygen atoms in total. The Labute approximate surface area is 202 Å². The maximum atomic E-state index is 13.1. The number of amides is 1. The van der Waals surface area contributed by atoms with Crippen LogP contribution in [-0.2, 0) is 0 Å². The third kappa shape index (κ3) is 4.41. The van der Waals surface area contributed by atoms with Gasteiger partial charge in [0.25, 0.3) is 11.6 Å². The van der Waals surface area contributed by atoms with Crippen molar-refractivity contribution < 1.29 is 9.72 Å². The number of rotatable bonds is 6. The number of hydrogen-bond acceptors (Lipinski definition) is 7. The molecule has 2 aromatic carbocycles. The highest BCUT2D eigenvalue weighted by Gasteiger charge is 2.18. The van der Waals surface area contributed by atoms with E-state index in [-0.39, 0.29) is 11.3 Å². The van der Waals surface area contributed by atoms with Crippen LogP contribution in [0.1, 0.15) is 15.9 Å². The number of nitrogens with zero attached hydrogens (tertiary/aromatic N) is 4. The molecule has 10 heteroatoms. The quantitative estimate of drug-likeness (QED) is 0.230. The molecule has 0 saturated heterocycles. The number of carbonyl (C=O) groups is 1. The van der Waals surface area contributed by atoms with Crippen molar-refractivity contribution >= 4 is 46.0 Å². The first-order valence-electron chi connectivity index (χ1n) is 10.2. The van der Waals surface area contributed by atoms with Gasteiger partial charge in [-0.25, -0.2) is 9.50 Å². The van der Waals surface area contributed by atoms with E-state index in [1.54, 1.807) is 28.1 Å². The molecule has 0 spiro atoms. The Hall–Kier alpha value is -4.02. The molecule has 0 aliphatic rings. The molecule has 0 fully saturated rings. The van der Waals surface area contributed by atoms with Gasteiger partial charge >= 0.3 is 0 Å². The van der Waals surface area contributed by atoms with E-state index in [0.717, 1.165) is 21.0 Å². The molecule has 3 heterocycles. The zero-order valence-electron chi connectivity index (χ0n) is 17.8. The predicted molar refractivity (Wildman–Crippen MR) is 133 cm³/mol. The van der Waals surface area contributed by atoms with Crippen LogP contribution in [0.3, 0.4) is 0 Å². The molecule has 0 atom stereocenters. The minimum Gasteiger partial charge on any atom is -0.322 e. The fourth-order valence-electron chi connectivity index (χ4n) is 3.42. The first-order valence-corrected chi connectivity index (χ1v) is 11.9. The molecular weight excluding hydrogens is 470 g/mol. The Morgan fingerprint density at radius 3 is 2.68 bits per heavy atom. The summed E-state index contributed by atoms with van der Waals surface area (Å²) in [6.07, 6.45) is 3.08. The summed E-state index contributed by atoms with van der Waals surface area (Å²) >= 11 is 2.95. The molecular formula is C24H17N5O3S2. The van der Waals surface area contributed by atoms with Crippen LogP contribution in [0.5, 0.6) is 0 Å². The number of non-ortho nitro benzene ring substituents is 1. The summed E-state index contributed by atoms with van der Waals surface area (Å²) in [7, 11) is 0. The molecule has 1 amide bonds. The zero-order valence-corrected chi connectivity index (χ0v) is 19.5. The number of aromatic nitrogens is 3. The molecule has 0 aliphatic heterocycles. The summed E-state index contributed by atoms with van der Waals surface area (Å²) < 4.78 is 1.62. The van der Waals surface area contributed by atoms with Crippen LogP contribution in [0.15, 0.2) is 88.2 Å². The monoisotopic (exact) mass is 487 g/mol. The first kappa shape index (κ1) is 21.8. The summed E-state index contributed by atoms with van der Waals surface area (Å²) in [5.74, 6) is -0.447. The number of hydrogen-bond donors (Lipinski definition) is 1. The van der Waals surface area contributed by atoms with E-state index < -0.39 is 10.8 Å². The third-order valence-corrected chi connectivity index (χ3v) is 6.91. The van der Waals surface area contributed by atoms with Gasteiger partial charge in [-0.3, -0.25) is 14.9 Å². The van der Waals surface area contributed by atoms with Crippen LogP contribution in [0.2, 0.25) is 0 Å². The number of fused-ring (bicyclic) bond motifs is 1. The summed E-state index contributed by atoms with van der Waals surface area (Å²) in [5.41, 5.74) is 2.85. The topological polar surface area (TPSA) is 102 Å². The Bertz CT molecular complexity index is 1510. The highest BCUT2D eigenvalue weighted by atomic mass is 32.2. The molecule has 0 aliphatic carbocycles. The lowest BCUT2D eigenvalue weighted by Gasteiger charge is -2.08. The third-order valence-electron chi connectivity index (χ3n) is 5.04. The summed E-state index contributed by atoms with van der Waals surface area (Å²) in [6.45, 7) is 1.99. The second-order valence-electron chi connectivity index (χ2n) is 7.44. The Balaban J connectivity index is 1.46. The lowest BCUT2D eigenvalue weighted by molar-refractivity contribution is -0.385. The number of thiophene rings is 1. The maximum Gasteiger partial charge on any atom is 0.272 e. The standard InChI is InChI=1S/C24H17N5O3S2/c1-15-4-6-18(7-5-15)34-19-12-16(11-17(13-19)29(31)32)27-24(30)20-14-26-28-21(8-9-25-23(20)28)22-3-2-10-33-22/h2-14H,1H3,(H,27,30). The van der Waals surface area contributed by atoms with Crippen molar-refractivity contribution in [2.24, 2.45) is 0 Å². The molecule has 3 aromatic heterocycles. The van der Waals surface area contributed by atoms with Crippen molar-refractivity contribution in [2.45, 2.75) is 16.7 Å². The second kappa shape index (κ2) is 9.08. The van der Waals surface area contributed by atoms with Crippen LogP contribution in [0.4, 0.5) is 11.4 Å². The van der Waals surface area contributed by atoms with Crippen LogP contribution in [-0.4, -0.2) is 25.4 Å². The van der Waals surface area contributed by atoms with Crippen molar-refractivity contribution in [3.63, 3.8) is 0 Å². The average Bonchev–Trinajstić information content (AvgIpc) is 3.50. The van der Waals surface area contributed by atoms with Crippen molar-refractivity contribution in [3.05, 3.63) is 99.7 Å². The van der Waals surface area contributed by atoms with Gasteiger partial charge in [-0.05, 0) is 42.6 Å². The summed E-state index contributed by atoms with van der Waals surface area (Å²) in [4.78, 5) is 31.0. The molecule has 0 saturated carbocycles. The van der Waals surface area contributed by atoms with Crippen LogP contribution < -0.4 is 5.32 Å². The molecule has 34 heavy (non-hydrogen) atoms. The second-order valence-corrected chi connectivity index (χ2v) is 9.54. The summed E-state index contributed by atoms with van der Waals surface area (Å²) in [6, 6.07) is 18.1. The van der Waals surface area contributed by atoms with Crippen molar-refractivity contribution in [1.29, 1.82) is 0 Å². The van der Waals surface area contributed by atoms with Crippen LogP contribution in [0.25, 0.3) is 16.2 Å². The lowest BCUT2D eigenvalue weighted by atomic mass is 10.2. The van der Waals surface area contributed by atoms with E-state index in [4.69, 9.17) is 0 Å². The highest BCUT2D eigenvalue weighted by Crippen LogP contribution is 2.33. The van der Waals surface area contributed by atoms with Gasteiger partial charge in [-0.1, -0.05) is 35.5 Å². The molecule has 0 radical (unpaired) electrons. The number of nitro groups is 1. The number of benzene rings is 2. The van der Waals surface area contributed by atoms with E-state index in [9.17, 15) is 14.9 Å². The molecule has 168 valence electrons. The van der Waals surface area contributed by atoms with Crippen LogP contribution in [0, 0.1) is 17.0 Å². The Kier molecular flexibility index (Phi) is 5.83. The van der Waals surface area contributed by atoms with Crippen molar-refractivity contribution in [1.82, 2.24) is 14.6 Å². The van der Waals surface area contributed by atoms with Gasteiger partial charge < -0.3 is 5.32 Å². The fourth-order valence-corrected chi connectivity index (χ4v) is 5.07. The van der Waals surface area contributed by atoms with Gasteiger partial charge in [-0.2, -0.15) is 5.10 Å². The van der Waals surface area contributed by atoms with E-state index in [0.29, 0.717) is 16.2 Å². The van der Waals surface area contributed by atoms with E-state index >= 15 is 0 Å². The van der Waals surface area contributed by atoms with Gasteiger partial charge in [0.05, 0.1) is 21.7 Å². The highest BCUT2D eigenvalue weighted by molar-refractivity contribution is 7.99.